The summed E-state index contributed by atoms with van der Waals surface area (Å²) >= 11 is 1.49. The second-order valence-corrected chi connectivity index (χ2v) is 6.64. The van der Waals surface area contributed by atoms with Crippen LogP contribution in [0.3, 0.4) is 0 Å². The number of benzene rings is 1. The largest absolute Gasteiger partial charge is 0.416 e. The third-order valence-electron chi connectivity index (χ3n) is 3.79. The molecule has 2 atom stereocenters. The summed E-state index contributed by atoms with van der Waals surface area (Å²) in [7, 11) is 0. The van der Waals surface area contributed by atoms with Crippen molar-refractivity contribution in [3.05, 3.63) is 29.8 Å². The molecule has 0 amide bonds. The van der Waals surface area contributed by atoms with E-state index in [0.29, 0.717) is 17.0 Å². The molecule has 6 heteroatoms. The Morgan fingerprint density at radius 3 is 2.52 bits per heavy atom. The Morgan fingerprint density at radius 2 is 1.90 bits per heavy atom. The molecule has 0 aliphatic carbocycles. The standard InChI is InChI=1S/C15H21F3N2S/c1-11-9-19-10-12(2)20(11)6-7-21-14-5-3-4-13(8-14)15(16,17)18/h3-5,8,11-12,19H,6-7,9-10H2,1-2H3. The number of nitrogens with zero attached hydrogens (tertiary/aromatic N) is 1. The molecule has 1 heterocycles. The van der Waals surface area contributed by atoms with E-state index in [1.54, 1.807) is 6.07 Å². The van der Waals surface area contributed by atoms with E-state index in [-0.39, 0.29) is 0 Å². The summed E-state index contributed by atoms with van der Waals surface area (Å²) in [4.78, 5) is 3.09. The second kappa shape index (κ2) is 7.03. The van der Waals surface area contributed by atoms with E-state index >= 15 is 0 Å². The van der Waals surface area contributed by atoms with Crippen molar-refractivity contribution in [2.75, 3.05) is 25.4 Å². The lowest BCUT2D eigenvalue weighted by Gasteiger charge is -2.39. The summed E-state index contributed by atoms with van der Waals surface area (Å²) in [6.45, 7) is 7.19. The normalized spacial score (nSPS) is 24.2. The molecular weight excluding hydrogens is 297 g/mol. The van der Waals surface area contributed by atoms with Gasteiger partial charge in [0.2, 0.25) is 0 Å². The van der Waals surface area contributed by atoms with Crippen LogP contribution >= 0.6 is 11.8 Å². The molecule has 1 aromatic carbocycles. The Kier molecular flexibility index (Phi) is 5.57. The van der Waals surface area contributed by atoms with Crippen molar-refractivity contribution in [3.63, 3.8) is 0 Å². The van der Waals surface area contributed by atoms with Crippen LogP contribution in [0.4, 0.5) is 13.2 Å². The number of thioether (sulfide) groups is 1. The lowest BCUT2D eigenvalue weighted by molar-refractivity contribution is -0.137. The fourth-order valence-electron chi connectivity index (χ4n) is 2.64. The quantitative estimate of drug-likeness (QED) is 0.856. The maximum absolute atomic E-state index is 12.7. The van der Waals surface area contributed by atoms with Crippen molar-refractivity contribution in [2.24, 2.45) is 0 Å². The van der Waals surface area contributed by atoms with E-state index in [0.717, 1.165) is 31.5 Å². The van der Waals surface area contributed by atoms with Crippen LogP contribution in [0.2, 0.25) is 0 Å². The predicted octanol–water partition coefficient (Wildman–Crippen LogP) is 3.48. The molecule has 1 aliphatic rings. The van der Waals surface area contributed by atoms with Gasteiger partial charge in [-0.3, -0.25) is 4.90 Å². The van der Waals surface area contributed by atoms with Gasteiger partial charge in [-0.2, -0.15) is 13.2 Å². The third kappa shape index (κ3) is 4.63. The fraction of sp³-hybridized carbons (Fsp3) is 0.600. The van der Waals surface area contributed by atoms with Gasteiger partial charge in [0.15, 0.2) is 0 Å². The molecule has 1 aliphatic heterocycles. The van der Waals surface area contributed by atoms with Crippen molar-refractivity contribution >= 4 is 11.8 Å². The molecule has 0 bridgehead atoms. The first kappa shape index (κ1) is 16.6. The molecule has 118 valence electrons. The summed E-state index contributed by atoms with van der Waals surface area (Å²) in [5.41, 5.74) is -0.573. The van der Waals surface area contributed by atoms with Gasteiger partial charge >= 0.3 is 6.18 Å². The molecule has 0 aromatic heterocycles. The topological polar surface area (TPSA) is 15.3 Å². The number of halogens is 3. The molecule has 1 aromatic rings. The van der Waals surface area contributed by atoms with Crippen LogP contribution in [0.15, 0.2) is 29.2 Å². The van der Waals surface area contributed by atoms with Crippen molar-refractivity contribution < 1.29 is 13.2 Å². The number of alkyl halides is 3. The average Bonchev–Trinajstić information content (AvgIpc) is 2.41. The number of hydrogen-bond donors (Lipinski definition) is 1. The van der Waals surface area contributed by atoms with Gasteiger partial charge in [-0.15, -0.1) is 11.8 Å². The Labute approximate surface area is 128 Å². The Bertz CT molecular complexity index is 454. The van der Waals surface area contributed by atoms with E-state index in [1.807, 2.05) is 0 Å². The summed E-state index contributed by atoms with van der Waals surface area (Å²) in [6.07, 6.45) is -4.27. The number of rotatable bonds is 4. The Morgan fingerprint density at radius 1 is 1.24 bits per heavy atom. The minimum atomic E-state index is -4.27. The molecule has 21 heavy (non-hydrogen) atoms. The third-order valence-corrected chi connectivity index (χ3v) is 4.77. The molecule has 0 radical (unpaired) electrons. The van der Waals surface area contributed by atoms with Crippen molar-refractivity contribution in [1.29, 1.82) is 0 Å². The average molecular weight is 318 g/mol. The van der Waals surface area contributed by atoms with Gasteiger partial charge in [-0.1, -0.05) is 6.07 Å². The summed E-state index contributed by atoms with van der Waals surface area (Å²) < 4.78 is 38.0. The smallest absolute Gasteiger partial charge is 0.314 e. The molecule has 1 saturated heterocycles. The van der Waals surface area contributed by atoms with E-state index < -0.39 is 11.7 Å². The fourth-order valence-corrected chi connectivity index (χ4v) is 3.56. The van der Waals surface area contributed by atoms with Crippen LogP contribution in [-0.2, 0) is 6.18 Å². The first-order valence-corrected chi connectivity index (χ1v) is 8.13. The Balaban J connectivity index is 1.88. The minimum absolute atomic E-state index is 0.468. The summed E-state index contributed by atoms with van der Waals surface area (Å²) in [5.74, 6) is 0.802. The zero-order valence-electron chi connectivity index (χ0n) is 12.3. The summed E-state index contributed by atoms with van der Waals surface area (Å²) in [6, 6.07) is 6.50. The molecule has 2 nitrogen and oxygen atoms in total. The van der Waals surface area contributed by atoms with Crippen LogP contribution in [0.5, 0.6) is 0 Å². The maximum atomic E-state index is 12.7. The van der Waals surface area contributed by atoms with Gasteiger partial charge in [0.1, 0.15) is 0 Å². The van der Waals surface area contributed by atoms with Crippen molar-refractivity contribution in [1.82, 2.24) is 10.2 Å². The number of nitrogens with one attached hydrogen (secondary N) is 1. The van der Waals surface area contributed by atoms with E-state index in [1.165, 1.54) is 23.9 Å². The lowest BCUT2D eigenvalue weighted by Crippen LogP contribution is -2.55. The second-order valence-electron chi connectivity index (χ2n) is 5.47. The van der Waals surface area contributed by atoms with Crippen LogP contribution in [0, 0.1) is 0 Å². The van der Waals surface area contributed by atoms with E-state index in [4.69, 9.17) is 0 Å². The highest BCUT2D eigenvalue weighted by Gasteiger charge is 2.30. The van der Waals surface area contributed by atoms with Gasteiger partial charge in [-0.25, -0.2) is 0 Å². The van der Waals surface area contributed by atoms with Crippen LogP contribution in [0.25, 0.3) is 0 Å². The number of piperazine rings is 1. The molecule has 1 N–H and O–H groups in total. The predicted molar refractivity (Wildman–Crippen MR) is 80.7 cm³/mol. The highest BCUT2D eigenvalue weighted by atomic mass is 32.2. The highest BCUT2D eigenvalue weighted by Crippen LogP contribution is 2.31. The van der Waals surface area contributed by atoms with Gasteiger partial charge < -0.3 is 5.32 Å². The molecule has 1 fully saturated rings. The van der Waals surface area contributed by atoms with Crippen LogP contribution in [0.1, 0.15) is 19.4 Å². The van der Waals surface area contributed by atoms with E-state index in [2.05, 4.69) is 24.1 Å². The molecule has 2 rings (SSSR count). The lowest BCUT2D eigenvalue weighted by atomic mass is 10.1. The van der Waals surface area contributed by atoms with Crippen molar-refractivity contribution in [2.45, 2.75) is 37.0 Å². The zero-order chi connectivity index (χ0) is 15.5. The van der Waals surface area contributed by atoms with Gasteiger partial charge in [0.05, 0.1) is 5.56 Å². The highest BCUT2D eigenvalue weighted by molar-refractivity contribution is 7.99. The van der Waals surface area contributed by atoms with Gasteiger partial charge in [0, 0.05) is 42.4 Å². The maximum Gasteiger partial charge on any atom is 0.416 e. The molecular formula is C15H21F3N2S. The molecule has 0 spiro atoms. The van der Waals surface area contributed by atoms with Gasteiger partial charge in [-0.05, 0) is 32.0 Å². The first-order chi connectivity index (χ1) is 9.88. The monoisotopic (exact) mass is 318 g/mol. The Hall–Kier alpha value is -0.720. The SMILES string of the molecule is CC1CNCC(C)N1CCSc1cccc(C(F)(F)F)c1. The summed E-state index contributed by atoms with van der Waals surface area (Å²) in [5, 5.41) is 3.37. The first-order valence-electron chi connectivity index (χ1n) is 7.14. The molecule has 2 unspecified atom stereocenters. The minimum Gasteiger partial charge on any atom is -0.314 e. The van der Waals surface area contributed by atoms with Crippen LogP contribution in [-0.4, -0.2) is 42.4 Å². The number of hydrogen-bond acceptors (Lipinski definition) is 3. The van der Waals surface area contributed by atoms with E-state index in [9.17, 15) is 13.2 Å². The van der Waals surface area contributed by atoms with Crippen LogP contribution < -0.4 is 5.32 Å². The van der Waals surface area contributed by atoms with Crippen molar-refractivity contribution in [3.8, 4) is 0 Å². The zero-order valence-corrected chi connectivity index (χ0v) is 13.1. The molecule has 0 saturated carbocycles. The van der Waals surface area contributed by atoms with Gasteiger partial charge in [0.25, 0.3) is 0 Å².